The number of hydrogen-bond acceptors (Lipinski definition) is 2. The Balaban J connectivity index is 1.06. The average Bonchev–Trinajstić information content (AvgIpc) is 3.52. The maximum absolute atomic E-state index is 5.35. The van der Waals surface area contributed by atoms with Crippen LogP contribution in [0.5, 0.6) is 0 Å². The number of aromatic nitrogens is 2. The van der Waals surface area contributed by atoms with Gasteiger partial charge in [-0.1, -0.05) is 184 Å². The van der Waals surface area contributed by atoms with Crippen LogP contribution >= 0.6 is 0 Å². The normalized spacial score (nSPS) is 12.7. The molecule has 0 saturated heterocycles. The van der Waals surface area contributed by atoms with Gasteiger partial charge in [0.25, 0.3) is 0 Å². The zero-order valence-electron chi connectivity index (χ0n) is 33.0. The summed E-state index contributed by atoms with van der Waals surface area (Å²) >= 11 is 0. The number of hydrogen-bond donors (Lipinski definition) is 0. The second-order valence-corrected chi connectivity index (χ2v) is 16.2. The van der Waals surface area contributed by atoms with Crippen molar-refractivity contribution >= 4 is 21.5 Å². The molecule has 9 aromatic carbocycles. The molecule has 0 spiro atoms. The lowest BCUT2D eigenvalue weighted by molar-refractivity contribution is 0.661. The fourth-order valence-electron chi connectivity index (χ4n) is 9.17. The summed E-state index contributed by atoms with van der Waals surface area (Å²) in [5, 5.41) is 4.86. The first kappa shape index (κ1) is 34.8. The minimum atomic E-state index is -0.0816. The molecule has 0 unspecified atom stereocenters. The minimum Gasteiger partial charge on any atom is -0.228 e. The van der Waals surface area contributed by atoms with Crippen molar-refractivity contribution in [2.75, 3.05) is 0 Å². The van der Waals surface area contributed by atoms with Gasteiger partial charge in [0.05, 0.1) is 11.4 Å². The maximum atomic E-state index is 5.35. The number of nitrogens with zero attached hydrogens (tertiary/aromatic N) is 2. The van der Waals surface area contributed by atoms with E-state index in [1.807, 2.05) is 0 Å². The number of fused-ring (bicyclic) bond motifs is 5. The second kappa shape index (κ2) is 13.9. The smallest absolute Gasteiger partial charge is 0.161 e. The van der Waals surface area contributed by atoms with Crippen LogP contribution in [0.4, 0.5) is 0 Å². The van der Waals surface area contributed by atoms with Gasteiger partial charge >= 0.3 is 0 Å². The molecule has 0 N–H and O–H groups in total. The summed E-state index contributed by atoms with van der Waals surface area (Å²) in [5.74, 6) is 0.703. The highest BCUT2D eigenvalue weighted by atomic mass is 14.9. The van der Waals surface area contributed by atoms with E-state index in [0.717, 1.165) is 39.0 Å². The molecular formula is C57H40N2. The molecule has 0 aliphatic heterocycles. The van der Waals surface area contributed by atoms with Gasteiger partial charge in [-0.25, -0.2) is 9.97 Å². The fourth-order valence-corrected chi connectivity index (χ4v) is 9.17. The van der Waals surface area contributed by atoms with Crippen molar-refractivity contribution in [3.63, 3.8) is 0 Å². The summed E-state index contributed by atoms with van der Waals surface area (Å²) in [6.07, 6.45) is 0. The molecule has 1 aliphatic rings. The van der Waals surface area contributed by atoms with E-state index >= 15 is 0 Å². The van der Waals surface area contributed by atoms with Crippen molar-refractivity contribution in [1.29, 1.82) is 0 Å². The Morgan fingerprint density at radius 1 is 0.305 bits per heavy atom. The monoisotopic (exact) mass is 752 g/mol. The Hall–Kier alpha value is -7.42. The molecule has 11 rings (SSSR count). The van der Waals surface area contributed by atoms with Crippen LogP contribution in [0.25, 0.3) is 100.0 Å². The molecule has 1 aliphatic carbocycles. The third-order valence-corrected chi connectivity index (χ3v) is 12.3. The zero-order valence-corrected chi connectivity index (χ0v) is 33.0. The molecular weight excluding hydrogens is 713 g/mol. The molecule has 1 heterocycles. The summed E-state index contributed by atoms with van der Waals surface area (Å²) in [4.78, 5) is 10.7. The Morgan fingerprint density at radius 2 is 0.814 bits per heavy atom. The summed E-state index contributed by atoms with van der Waals surface area (Å²) in [7, 11) is 0. The number of benzene rings is 9. The number of rotatable bonds is 6. The first-order chi connectivity index (χ1) is 29.0. The van der Waals surface area contributed by atoms with E-state index in [1.54, 1.807) is 0 Å². The highest BCUT2D eigenvalue weighted by Gasteiger charge is 2.36. The minimum absolute atomic E-state index is 0.0816. The van der Waals surface area contributed by atoms with E-state index in [4.69, 9.17) is 9.97 Å². The van der Waals surface area contributed by atoms with Crippen molar-refractivity contribution in [2.24, 2.45) is 0 Å². The van der Waals surface area contributed by atoms with Crippen molar-refractivity contribution in [1.82, 2.24) is 9.97 Å². The lowest BCUT2D eigenvalue weighted by Crippen LogP contribution is -2.14. The summed E-state index contributed by atoms with van der Waals surface area (Å²) in [6.45, 7) is 4.71. The van der Waals surface area contributed by atoms with Gasteiger partial charge in [0, 0.05) is 22.1 Å². The van der Waals surface area contributed by atoms with Crippen molar-refractivity contribution < 1.29 is 0 Å². The van der Waals surface area contributed by atoms with Gasteiger partial charge in [0.15, 0.2) is 5.82 Å². The highest BCUT2D eigenvalue weighted by Crippen LogP contribution is 2.51. The van der Waals surface area contributed by atoms with E-state index in [0.29, 0.717) is 5.82 Å². The van der Waals surface area contributed by atoms with E-state index in [2.05, 4.69) is 220 Å². The molecule has 0 saturated carbocycles. The molecule has 2 heteroatoms. The van der Waals surface area contributed by atoms with Crippen molar-refractivity contribution in [3.8, 4) is 78.4 Å². The zero-order chi connectivity index (χ0) is 39.5. The highest BCUT2D eigenvalue weighted by molar-refractivity contribution is 6.05. The SMILES string of the molecule is CC1(C)c2ccc(-c3ccc(-c4nc(-c5ccc(-c6ccccc6)cc5)cc(-c5cccc(-c6ccccc6)c5)n4)c4ccccc34)cc2-c2cc3ccccc3cc21. The molecule has 0 atom stereocenters. The summed E-state index contributed by atoms with van der Waals surface area (Å²) in [5.41, 5.74) is 17.3. The first-order valence-electron chi connectivity index (χ1n) is 20.4. The third-order valence-electron chi connectivity index (χ3n) is 12.3. The van der Waals surface area contributed by atoms with Gasteiger partial charge < -0.3 is 0 Å². The Kier molecular flexibility index (Phi) is 8.20. The van der Waals surface area contributed by atoms with Crippen LogP contribution in [0, 0.1) is 0 Å². The van der Waals surface area contributed by atoms with Gasteiger partial charge in [0.1, 0.15) is 0 Å². The van der Waals surface area contributed by atoms with Crippen LogP contribution in [0.3, 0.4) is 0 Å². The molecule has 0 amide bonds. The van der Waals surface area contributed by atoms with Gasteiger partial charge in [-0.15, -0.1) is 0 Å². The Labute approximate surface area is 345 Å². The predicted molar refractivity (Wildman–Crippen MR) is 247 cm³/mol. The van der Waals surface area contributed by atoms with E-state index in [9.17, 15) is 0 Å². The lowest BCUT2D eigenvalue weighted by Gasteiger charge is -2.22. The predicted octanol–water partition coefficient (Wildman–Crippen LogP) is 15.1. The lowest BCUT2D eigenvalue weighted by atomic mass is 9.81. The largest absolute Gasteiger partial charge is 0.228 e. The molecule has 59 heavy (non-hydrogen) atoms. The Bertz CT molecular complexity index is 3220. The molecule has 10 aromatic rings. The summed E-state index contributed by atoms with van der Waals surface area (Å²) in [6, 6.07) is 74.3. The standard InChI is InChI=1S/C57H40N2/c1-57(2)52-31-28-44(34-50(52)51-33-42-18-9-10-19-43(42)35-53(51)57)46-29-30-49(48-23-12-11-22-47(46)48)56-58-54(40-26-24-39(25-27-40)37-14-5-3-6-15-37)36-55(59-56)45-21-13-20-41(32-45)38-16-7-4-8-17-38/h3-36H,1-2H3. The van der Waals surface area contributed by atoms with Crippen molar-refractivity contribution in [3.05, 3.63) is 217 Å². The van der Waals surface area contributed by atoms with Gasteiger partial charge in [-0.2, -0.15) is 0 Å². The molecule has 2 nitrogen and oxygen atoms in total. The molecule has 0 fully saturated rings. The maximum Gasteiger partial charge on any atom is 0.161 e. The van der Waals surface area contributed by atoms with Crippen LogP contribution in [0.1, 0.15) is 25.0 Å². The summed E-state index contributed by atoms with van der Waals surface area (Å²) < 4.78 is 0. The van der Waals surface area contributed by atoms with E-state index in [1.165, 1.54) is 66.2 Å². The third kappa shape index (κ3) is 6.04. The first-order valence-corrected chi connectivity index (χ1v) is 20.4. The van der Waals surface area contributed by atoms with Crippen LogP contribution in [-0.4, -0.2) is 9.97 Å². The second-order valence-electron chi connectivity index (χ2n) is 16.2. The van der Waals surface area contributed by atoms with E-state index < -0.39 is 0 Å². The van der Waals surface area contributed by atoms with Gasteiger partial charge in [-0.3, -0.25) is 0 Å². The van der Waals surface area contributed by atoms with Crippen LogP contribution in [0.2, 0.25) is 0 Å². The van der Waals surface area contributed by atoms with E-state index in [-0.39, 0.29) is 5.41 Å². The quantitative estimate of drug-likeness (QED) is 0.169. The Morgan fingerprint density at radius 3 is 1.54 bits per heavy atom. The van der Waals surface area contributed by atoms with Crippen LogP contribution < -0.4 is 0 Å². The van der Waals surface area contributed by atoms with Gasteiger partial charge in [0.2, 0.25) is 0 Å². The fraction of sp³-hybridized carbons (Fsp3) is 0.0526. The van der Waals surface area contributed by atoms with Crippen molar-refractivity contribution in [2.45, 2.75) is 19.3 Å². The average molecular weight is 753 g/mol. The van der Waals surface area contributed by atoms with Gasteiger partial charge in [-0.05, 0) is 114 Å². The molecule has 278 valence electrons. The molecule has 0 radical (unpaired) electrons. The molecule has 0 bridgehead atoms. The van der Waals surface area contributed by atoms with Crippen LogP contribution in [-0.2, 0) is 5.41 Å². The topological polar surface area (TPSA) is 25.8 Å². The molecule has 1 aromatic heterocycles. The van der Waals surface area contributed by atoms with Crippen LogP contribution in [0.15, 0.2) is 206 Å².